The molecule has 0 amide bonds. The average molecular weight is 318 g/mol. The minimum atomic E-state index is -1.20. The summed E-state index contributed by atoms with van der Waals surface area (Å²) in [4.78, 5) is 14.9. The second-order valence-electron chi connectivity index (χ2n) is 3.69. The van der Waals surface area contributed by atoms with Gasteiger partial charge in [0, 0.05) is 5.56 Å². The number of benzene rings is 1. The Balaban J connectivity index is 2.60. The minimum Gasteiger partial charge on any atom is -0.476 e. The van der Waals surface area contributed by atoms with Crippen molar-refractivity contribution in [3.63, 3.8) is 0 Å². The molecule has 0 unspecified atom stereocenters. The fourth-order valence-corrected chi connectivity index (χ4v) is 2.10. The number of hydrogen-bond acceptors (Lipinski definition) is 3. The number of nitrogen functional groups attached to an aromatic ring is 1. The molecule has 3 N–H and O–H groups in total. The molecule has 0 saturated heterocycles. The Morgan fingerprint density at radius 3 is 2.26 bits per heavy atom. The second kappa shape index (κ2) is 5.25. The lowest BCUT2D eigenvalue weighted by atomic mass is 10.1. The number of aromatic nitrogens is 1. The predicted molar refractivity (Wildman–Crippen MR) is 76.1 cm³/mol. The van der Waals surface area contributed by atoms with Gasteiger partial charge < -0.3 is 10.8 Å². The molecule has 0 aliphatic carbocycles. The summed E-state index contributed by atoms with van der Waals surface area (Å²) < 4.78 is 0. The van der Waals surface area contributed by atoms with E-state index in [-0.39, 0.29) is 26.4 Å². The van der Waals surface area contributed by atoms with Crippen LogP contribution in [0.4, 0.5) is 5.69 Å². The van der Waals surface area contributed by atoms with Crippen molar-refractivity contribution in [1.82, 2.24) is 4.98 Å². The maximum atomic E-state index is 11.0. The van der Waals surface area contributed by atoms with Gasteiger partial charge in [0.15, 0.2) is 5.69 Å². The third kappa shape index (κ3) is 2.76. The van der Waals surface area contributed by atoms with Crippen LogP contribution in [0, 0.1) is 0 Å². The first-order chi connectivity index (χ1) is 8.90. The van der Waals surface area contributed by atoms with Crippen molar-refractivity contribution in [2.45, 2.75) is 0 Å². The van der Waals surface area contributed by atoms with Crippen LogP contribution in [-0.2, 0) is 0 Å². The molecule has 1 aromatic carbocycles. The van der Waals surface area contributed by atoms with Crippen LogP contribution in [0.2, 0.25) is 15.1 Å². The van der Waals surface area contributed by atoms with E-state index in [1.807, 2.05) is 0 Å². The van der Waals surface area contributed by atoms with Crippen molar-refractivity contribution in [3.8, 4) is 11.3 Å². The number of nitrogens with two attached hydrogens (primary N) is 1. The number of halogens is 3. The van der Waals surface area contributed by atoms with E-state index in [1.54, 1.807) is 18.2 Å². The normalized spacial score (nSPS) is 10.5. The minimum absolute atomic E-state index is 0.0856. The van der Waals surface area contributed by atoms with Crippen molar-refractivity contribution in [2.24, 2.45) is 0 Å². The first-order valence-corrected chi connectivity index (χ1v) is 6.18. The molecule has 1 aromatic heterocycles. The number of nitrogens with zero attached hydrogens (tertiary/aromatic N) is 1. The van der Waals surface area contributed by atoms with E-state index in [1.165, 1.54) is 6.07 Å². The van der Waals surface area contributed by atoms with Crippen LogP contribution in [0.25, 0.3) is 11.3 Å². The molecule has 2 aromatic rings. The van der Waals surface area contributed by atoms with Gasteiger partial charge in [-0.15, -0.1) is 0 Å². The molecule has 0 bridgehead atoms. The molecule has 0 aliphatic heterocycles. The number of carboxylic acid groups (broad SMARTS) is 1. The fourth-order valence-electron chi connectivity index (χ4n) is 1.51. The molecule has 0 aliphatic rings. The molecule has 19 heavy (non-hydrogen) atoms. The van der Waals surface area contributed by atoms with Crippen LogP contribution in [0.15, 0.2) is 24.3 Å². The van der Waals surface area contributed by atoms with Gasteiger partial charge in [0.1, 0.15) is 0 Å². The number of pyridine rings is 1. The largest absolute Gasteiger partial charge is 0.476 e. The topological polar surface area (TPSA) is 76.2 Å². The molecular formula is C12H7Cl3N2O2. The van der Waals surface area contributed by atoms with Gasteiger partial charge in [-0.2, -0.15) is 0 Å². The highest BCUT2D eigenvalue weighted by molar-refractivity contribution is 6.48. The van der Waals surface area contributed by atoms with Gasteiger partial charge in [-0.1, -0.05) is 34.8 Å². The Labute approximate surface area is 123 Å². The van der Waals surface area contributed by atoms with E-state index < -0.39 is 5.97 Å². The number of carbonyl (C=O) groups is 1. The van der Waals surface area contributed by atoms with Gasteiger partial charge in [0.05, 0.1) is 26.4 Å². The van der Waals surface area contributed by atoms with Crippen molar-refractivity contribution >= 4 is 46.5 Å². The average Bonchev–Trinajstić information content (AvgIpc) is 2.35. The molecule has 0 saturated carbocycles. The lowest BCUT2D eigenvalue weighted by Crippen LogP contribution is -2.06. The molecule has 2 rings (SSSR count). The molecule has 0 fully saturated rings. The lowest BCUT2D eigenvalue weighted by molar-refractivity contribution is 0.0692. The Hall–Kier alpha value is -1.49. The van der Waals surface area contributed by atoms with Crippen LogP contribution in [-0.4, -0.2) is 16.1 Å². The number of hydrogen-bond donors (Lipinski definition) is 2. The van der Waals surface area contributed by atoms with Gasteiger partial charge >= 0.3 is 5.97 Å². The van der Waals surface area contributed by atoms with Gasteiger partial charge in [-0.3, -0.25) is 0 Å². The second-order valence-corrected chi connectivity index (χ2v) is 4.89. The standard InChI is InChI=1S/C12H7Cl3N2O2/c13-6-3-5(4-7(14)10(6)15)9-2-1-8(16)11(17-9)12(18)19/h1-4H,16H2,(H,18,19). The van der Waals surface area contributed by atoms with Gasteiger partial charge in [-0.25, -0.2) is 9.78 Å². The van der Waals surface area contributed by atoms with Crippen LogP contribution in [0.3, 0.4) is 0 Å². The lowest BCUT2D eigenvalue weighted by Gasteiger charge is -2.07. The highest BCUT2D eigenvalue weighted by Gasteiger charge is 2.13. The highest BCUT2D eigenvalue weighted by Crippen LogP contribution is 2.34. The van der Waals surface area contributed by atoms with Crippen molar-refractivity contribution in [2.75, 3.05) is 5.73 Å². The van der Waals surface area contributed by atoms with Gasteiger partial charge in [-0.05, 0) is 24.3 Å². The third-order valence-corrected chi connectivity index (χ3v) is 3.61. The monoisotopic (exact) mass is 316 g/mol. The molecule has 0 radical (unpaired) electrons. The summed E-state index contributed by atoms with van der Waals surface area (Å²) >= 11 is 17.7. The molecule has 98 valence electrons. The maximum Gasteiger partial charge on any atom is 0.356 e. The maximum absolute atomic E-state index is 11.0. The smallest absolute Gasteiger partial charge is 0.356 e. The zero-order valence-corrected chi connectivity index (χ0v) is 11.6. The number of aromatic carboxylic acids is 1. The molecule has 0 spiro atoms. The van der Waals surface area contributed by atoms with E-state index in [2.05, 4.69) is 4.98 Å². The number of rotatable bonds is 2. The van der Waals surface area contributed by atoms with Crippen molar-refractivity contribution in [1.29, 1.82) is 0 Å². The molecule has 4 nitrogen and oxygen atoms in total. The fraction of sp³-hybridized carbons (Fsp3) is 0. The van der Waals surface area contributed by atoms with Crippen LogP contribution < -0.4 is 5.73 Å². The Morgan fingerprint density at radius 2 is 1.74 bits per heavy atom. The summed E-state index contributed by atoms with van der Waals surface area (Å²) in [5, 5.41) is 9.74. The summed E-state index contributed by atoms with van der Waals surface area (Å²) in [6, 6.07) is 6.15. The van der Waals surface area contributed by atoms with E-state index in [0.717, 1.165) is 0 Å². The Morgan fingerprint density at radius 1 is 1.16 bits per heavy atom. The predicted octanol–water partition coefficient (Wildman–Crippen LogP) is 3.99. The van der Waals surface area contributed by atoms with Crippen LogP contribution >= 0.6 is 34.8 Å². The molecular weight excluding hydrogens is 311 g/mol. The molecule has 1 heterocycles. The van der Waals surface area contributed by atoms with E-state index in [9.17, 15) is 4.79 Å². The summed E-state index contributed by atoms with van der Waals surface area (Å²) in [6.07, 6.45) is 0. The van der Waals surface area contributed by atoms with E-state index in [4.69, 9.17) is 45.6 Å². The van der Waals surface area contributed by atoms with E-state index >= 15 is 0 Å². The van der Waals surface area contributed by atoms with Crippen molar-refractivity contribution < 1.29 is 9.90 Å². The summed E-state index contributed by atoms with van der Waals surface area (Å²) in [5.74, 6) is -1.20. The quantitative estimate of drug-likeness (QED) is 0.821. The first kappa shape index (κ1) is 13.9. The summed E-state index contributed by atoms with van der Waals surface area (Å²) in [5.41, 5.74) is 6.35. The highest BCUT2D eigenvalue weighted by atomic mass is 35.5. The van der Waals surface area contributed by atoms with Gasteiger partial charge in [0.25, 0.3) is 0 Å². The summed E-state index contributed by atoms with van der Waals surface area (Å²) in [7, 11) is 0. The molecule has 7 heteroatoms. The van der Waals surface area contributed by atoms with Crippen LogP contribution in [0.5, 0.6) is 0 Å². The Kier molecular flexibility index (Phi) is 3.85. The Bertz CT molecular complexity index is 651. The van der Waals surface area contributed by atoms with Crippen molar-refractivity contribution in [3.05, 3.63) is 45.0 Å². The van der Waals surface area contributed by atoms with Gasteiger partial charge in [0.2, 0.25) is 0 Å². The number of anilines is 1. The van der Waals surface area contributed by atoms with Crippen LogP contribution in [0.1, 0.15) is 10.5 Å². The summed E-state index contributed by atoms with van der Waals surface area (Å²) in [6.45, 7) is 0. The zero-order chi connectivity index (χ0) is 14.2. The SMILES string of the molecule is Nc1ccc(-c2cc(Cl)c(Cl)c(Cl)c2)nc1C(=O)O. The van der Waals surface area contributed by atoms with E-state index in [0.29, 0.717) is 11.3 Å². The molecule has 0 atom stereocenters. The zero-order valence-electron chi connectivity index (χ0n) is 9.32. The third-order valence-electron chi connectivity index (χ3n) is 2.41. The number of carboxylic acids is 1. The first-order valence-electron chi connectivity index (χ1n) is 5.05.